The van der Waals surface area contributed by atoms with Gasteiger partial charge in [-0.25, -0.2) is 0 Å². The lowest BCUT2D eigenvalue weighted by Crippen LogP contribution is -2.16. The Morgan fingerprint density at radius 1 is 1.21 bits per heavy atom. The molecule has 0 spiro atoms. The molecule has 0 aliphatic rings. The van der Waals surface area contributed by atoms with E-state index < -0.39 is 0 Å². The van der Waals surface area contributed by atoms with Crippen LogP contribution in [0.25, 0.3) is 0 Å². The third-order valence-corrected chi connectivity index (χ3v) is 3.39. The number of anilines is 2. The molecule has 0 amide bonds. The fourth-order valence-corrected chi connectivity index (χ4v) is 2.11. The number of nitrogens with two attached hydrogens (primary N) is 1. The Morgan fingerprint density at radius 3 is 2.63 bits per heavy atom. The van der Waals surface area contributed by atoms with Gasteiger partial charge in [0.25, 0.3) is 0 Å². The molecule has 0 fully saturated rings. The second-order valence-electron chi connectivity index (χ2n) is 4.37. The molecule has 0 heterocycles. The zero-order valence-corrected chi connectivity index (χ0v) is 11.8. The number of halogens is 1. The summed E-state index contributed by atoms with van der Waals surface area (Å²) in [6, 6.07) is 13.6. The molecule has 19 heavy (non-hydrogen) atoms. The van der Waals surface area contributed by atoms with Gasteiger partial charge in [0.05, 0.1) is 12.8 Å². The third kappa shape index (κ3) is 3.12. The van der Waals surface area contributed by atoms with Crippen LogP contribution in [0.2, 0.25) is 5.02 Å². The molecule has 2 aromatic rings. The number of benzene rings is 2. The highest BCUT2D eigenvalue weighted by atomic mass is 35.5. The Hall–Kier alpha value is -1.87. The summed E-state index contributed by atoms with van der Waals surface area (Å²) in [6.07, 6.45) is 0. The van der Waals surface area contributed by atoms with Crippen LogP contribution in [-0.4, -0.2) is 14.2 Å². The normalized spacial score (nSPS) is 10.3. The zero-order chi connectivity index (χ0) is 13.8. The molecule has 0 unspecified atom stereocenters. The number of methoxy groups -OCH3 is 1. The van der Waals surface area contributed by atoms with E-state index in [1.165, 1.54) is 0 Å². The average molecular weight is 277 g/mol. The van der Waals surface area contributed by atoms with Gasteiger partial charge in [0, 0.05) is 30.4 Å². The van der Waals surface area contributed by atoms with E-state index >= 15 is 0 Å². The fraction of sp³-hybridized carbons (Fsp3) is 0.200. The Morgan fingerprint density at radius 2 is 1.95 bits per heavy atom. The van der Waals surface area contributed by atoms with Gasteiger partial charge in [0.1, 0.15) is 5.75 Å². The number of ether oxygens (including phenoxy) is 1. The number of nitrogen functional groups attached to an aromatic ring is 1. The van der Waals surface area contributed by atoms with Crippen LogP contribution in [0.4, 0.5) is 11.4 Å². The first-order valence-corrected chi connectivity index (χ1v) is 6.37. The molecule has 3 nitrogen and oxygen atoms in total. The van der Waals surface area contributed by atoms with E-state index in [4.69, 9.17) is 22.1 Å². The summed E-state index contributed by atoms with van der Waals surface area (Å²) in [6.45, 7) is 0.729. The molecule has 2 aromatic carbocycles. The van der Waals surface area contributed by atoms with Crippen LogP contribution in [0.15, 0.2) is 42.5 Å². The maximum atomic E-state index is 6.17. The van der Waals surface area contributed by atoms with Crippen molar-refractivity contribution >= 4 is 23.0 Å². The third-order valence-electron chi connectivity index (χ3n) is 3.02. The van der Waals surface area contributed by atoms with Gasteiger partial charge >= 0.3 is 0 Å². The van der Waals surface area contributed by atoms with Gasteiger partial charge in [0.2, 0.25) is 0 Å². The first kappa shape index (κ1) is 13.6. The lowest BCUT2D eigenvalue weighted by Gasteiger charge is -2.21. The van der Waals surface area contributed by atoms with E-state index in [2.05, 4.69) is 4.90 Å². The Balaban J connectivity index is 2.20. The Labute approximate surface area is 118 Å². The second-order valence-corrected chi connectivity index (χ2v) is 4.78. The van der Waals surface area contributed by atoms with Crippen molar-refractivity contribution in [1.82, 2.24) is 0 Å². The van der Waals surface area contributed by atoms with Crippen LogP contribution in [0.3, 0.4) is 0 Å². The van der Waals surface area contributed by atoms with Crippen molar-refractivity contribution in [1.29, 1.82) is 0 Å². The predicted octanol–water partition coefficient (Wildman–Crippen LogP) is 3.57. The number of rotatable bonds is 4. The maximum absolute atomic E-state index is 6.17. The minimum atomic E-state index is 0.636. The fourth-order valence-electron chi connectivity index (χ4n) is 1.91. The molecule has 2 N–H and O–H groups in total. The highest BCUT2D eigenvalue weighted by Crippen LogP contribution is 2.28. The molecule has 0 aliphatic carbocycles. The molecule has 100 valence electrons. The van der Waals surface area contributed by atoms with E-state index in [0.717, 1.165) is 22.8 Å². The highest BCUT2D eigenvalue weighted by molar-refractivity contribution is 6.31. The molecule has 0 aromatic heterocycles. The van der Waals surface area contributed by atoms with Crippen LogP contribution in [0.1, 0.15) is 5.56 Å². The summed E-state index contributed by atoms with van der Waals surface area (Å²) in [7, 11) is 3.62. The number of hydrogen-bond acceptors (Lipinski definition) is 3. The molecule has 2 rings (SSSR count). The van der Waals surface area contributed by atoms with E-state index in [1.807, 2.05) is 49.5 Å². The molecule has 0 aliphatic heterocycles. The van der Waals surface area contributed by atoms with Gasteiger partial charge in [-0.1, -0.05) is 29.8 Å². The van der Waals surface area contributed by atoms with Gasteiger partial charge in [0.15, 0.2) is 0 Å². The first-order valence-electron chi connectivity index (χ1n) is 6.00. The van der Waals surface area contributed by atoms with Gasteiger partial charge in [-0.05, 0) is 23.8 Å². The van der Waals surface area contributed by atoms with Crippen LogP contribution >= 0.6 is 11.6 Å². The standard InChI is InChI=1S/C15H17ClN2O/c1-18(10-11-5-3-4-6-13(11)16)12-7-8-14(17)15(9-12)19-2/h3-9H,10,17H2,1-2H3. The first-order chi connectivity index (χ1) is 9.11. The molecule has 0 radical (unpaired) electrons. The van der Waals surface area contributed by atoms with Crippen molar-refractivity contribution in [3.8, 4) is 5.75 Å². The zero-order valence-electron chi connectivity index (χ0n) is 11.1. The maximum Gasteiger partial charge on any atom is 0.143 e. The topological polar surface area (TPSA) is 38.5 Å². The van der Waals surface area contributed by atoms with Gasteiger partial charge in [-0.2, -0.15) is 0 Å². The van der Waals surface area contributed by atoms with Crippen molar-refractivity contribution in [3.05, 3.63) is 53.1 Å². The summed E-state index contributed by atoms with van der Waals surface area (Å²) in [4.78, 5) is 2.10. The number of nitrogens with zero attached hydrogens (tertiary/aromatic N) is 1. The van der Waals surface area contributed by atoms with Gasteiger partial charge in [-0.15, -0.1) is 0 Å². The van der Waals surface area contributed by atoms with E-state index in [1.54, 1.807) is 7.11 Å². The lowest BCUT2D eigenvalue weighted by molar-refractivity contribution is 0.417. The SMILES string of the molecule is COc1cc(N(C)Cc2ccccc2Cl)ccc1N. The van der Waals surface area contributed by atoms with E-state index in [9.17, 15) is 0 Å². The quantitative estimate of drug-likeness (QED) is 0.868. The van der Waals surface area contributed by atoms with Crippen molar-refractivity contribution in [3.63, 3.8) is 0 Å². The molecule has 0 atom stereocenters. The van der Waals surface area contributed by atoms with Crippen LogP contribution in [-0.2, 0) is 6.54 Å². The Kier molecular flexibility index (Phi) is 4.17. The predicted molar refractivity (Wildman–Crippen MR) is 81.0 cm³/mol. The summed E-state index contributed by atoms with van der Waals surface area (Å²) in [5.41, 5.74) is 8.57. The minimum absolute atomic E-state index is 0.636. The molecule has 0 bridgehead atoms. The summed E-state index contributed by atoms with van der Waals surface area (Å²) >= 11 is 6.17. The monoisotopic (exact) mass is 276 g/mol. The molecule has 0 saturated carbocycles. The van der Waals surface area contributed by atoms with E-state index in [-0.39, 0.29) is 0 Å². The van der Waals surface area contributed by atoms with Gasteiger partial charge in [-0.3, -0.25) is 0 Å². The van der Waals surface area contributed by atoms with Crippen molar-refractivity contribution in [2.24, 2.45) is 0 Å². The van der Waals surface area contributed by atoms with Crippen molar-refractivity contribution in [2.75, 3.05) is 24.8 Å². The van der Waals surface area contributed by atoms with Crippen LogP contribution < -0.4 is 15.4 Å². The summed E-state index contributed by atoms with van der Waals surface area (Å²) in [5, 5.41) is 0.775. The van der Waals surface area contributed by atoms with Crippen molar-refractivity contribution < 1.29 is 4.74 Å². The molecular formula is C15H17ClN2O. The smallest absolute Gasteiger partial charge is 0.143 e. The van der Waals surface area contributed by atoms with Crippen LogP contribution in [0, 0.1) is 0 Å². The average Bonchev–Trinajstić information content (AvgIpc) is 2.42. The highest BCUT2D eigenvalue weighted by Gasteiger charge is 2.07. The van der Waals surface area contributed by atoms with Gasteiger partial charge < -0.3 is 15.4 Å². The van der Waals surface area contributed by atoms with Crippen molar-refractivity contribution in [2.45, 2.75) is 6.54 Å². The lowest BCUT2D eigenvalue weighted by atomic mass is 10.2. The largest absolute Gasteiger partial charge is 0.495 e. The van der Waals surface area contributed by atoms with E-state index in [0.29, 0.717) is 11.4 Å². The molecule has 4 heteroatoms. The Bertz CT molecular complexity index is 572. The molecule has 0 saturated heterocycles. The minimum Gasteiger partial charge on any atom is -0.495 e. The summed E-state index contributed by atoms with van der Waals surface area (Å²) < 4.78 is 5.23. The molecular weight excluding hydrogens is 260 g/mol. The number of hydrogen-bond donors (Lipinski definition) is 1. The summed E-state index contributed by atoms with van der Waals surface area (Å²) in [5.74, 6) is 0.684. The second kappa shape index (κ2) is 5.85. The van der Waals surface area contributed by atoms with Crippen LogP contribution in [0.5, 0.6) is 5.75 Å².